The summed E-state index contributed by atoms with van der Waals surface area (Å²) in [6, 6.07) is 12.1. The lowest BCUT2D eigenvalue weighted by Crippen LogP contribution is -2.25. The Morgan fingerprint density at radius 2 is 1.97 bits per heavy atom. The Hall–Kier alpha value is -3.48. The van der Waals surface area contributed by atoms with Crippen molar-refractivity contribution < 1.29 is 4.79 Å². The Labute approximate surface area is 169 Å². The first-order chi connectivity index (χ1) is 13.9. The highest BCUT2D eigenvalue weighted by Crippen LogP contribution is 2.26. The SMILES string of the molecule is Cc1cccc(Cn2cnc(-c3ccc4c(c3)c(C)cn4CC(=O)N(C)C)n2)n1. The molecule has 0 aliphatic heterocycles. The number of carbonyl (C=O) groups is 1. The average molecular weight is 388 g/mol. The van der Waals surface area contributed by atoms with Gasteiger partial charge in [0, 0.05) is 42.5 Å². The molecule has 1 aromatic carbocycles. The number of rotatable bonds is 5. The number of fused-ring (bicyclic) bond motifs is 1. The van der Waals surface area contributed by atoms with E-state index in [9.17, 15) is 4.79 Å². The number of hydrogen-bond donors (Lipinski definition) is 0. The van der Waals surface area contributed by atoms with E-state index in [0.717, 1.165) is 33.4 Å². The van der Waals surface area contributed by atoms with E-state index in [2.05, 4.69) is 28.1 Å². The van der Waals surface area contributed by atoms with E-state index in [1.807, 2.05) is 48.0 Å². The monoisotopic (exact) mass is 388 g/mol. The van der Waals surface area contributed by atoms with Crippen LogP contribution < -0.4 is 0 Å². The maximum atomic E-state index is 12.1. The Morgan fingerprint density at radius 1 is 1.14 bits per heavy atom. The van der Waals surface area contributed by atoms with E-state index in [1.54, 1.807) is 30.0 Å². The Kier molecular flexibility index (Phi) is 4.88. The standard InChI is InChI=1S/C22H24N6O/c1-15-11-27(13-21(29)26(3)4)20-9-8-17(10-19(15)20)22-23-14-28(25-22)12-18-7-5-6-16(2)24-18/h5-11,14H,12-13H2,1-4H3. The summed E-state index contributed by atoms with van der Waals surface area (Å²) < 4.78 is 3.79. The molecule has 3 heterocycles. The molecule has 0 aliphatic carbocycles. The number of pyridine rings is 1. The van der Waals surface area contributed by atoms with Crippen LogP contribution in [0.15, 0.2) is 48.9 Å². The van der Waals surface area contributed by atoms with E-state index in [4.69, 9.17) is 0 Å². The van der Waals surface area contributed by atoms with Gasteiger partial charge in [0.05, 0.1) is 12.2 Å². The van der Waals surface area contributed by atoms with Crippen LogP contribution >= 0.6 is 0 Å². The minimum atomic E-state index is 0.0659. The van der Waals surface area contributed by atoms with Gasteiger partial charge in [0.15, 0.2) is 5.82 Å². The summed E-state index contributed by atoms with van der Waals surface area (Å²) in [4.78, 5) is 22.7. The summed E-state index contributed by atoms with van der Waals surface area (Å²) in [5.41, 5.74) is 5.05. The highest BCUT2D eigenvalue weighted by molar-refractivity contribution is 5.89. The van der Waals surface area contributed by atoms with Gasteiger partial charge in [0.1, 0.15) is 12.9 Å². The van der Waals surface area contributed by atoms with Gasteiger partial charge in [-0.15, -0.1) is 0 Å². The van der Waals surface area contributed by atoms with Crippen molar-refractivity contribution in [1.29, 1.82) is 0 Å². The minimum absolute atomic E-state index is 0.0659. The third kappa shape index (κ3) is 3.89. The predicted octanol–water partition coefficient (Wildman–Crippen LogP) is 3.05. The van der Waals surface area contributed by atoms with Crippen LogP contribution in [0.4, 0.5) is 0 Å². The van der Waals surface area contributed by atoms with Crippen molar-refractivity contribution in [1.82, 2.24) is 29.2 Å². The zero-order chi connectivity index (χ0) is 20.5. The van der Waals surface area contributed by atoms with E-state index < -0.39 is 0 Å². The van der Waals surface area contributed by atoms with Gasteiger partial charge in [0.25, 0.3) is 0 Å². The van der Waals surface area contributed by atoms with Crippen LogP contribution in [-0.2, 0) is 17.9 Å². The molecule has 0 aliphatic rings. The number of benzene rings is 1. The topological polar surface area (TPSA) is 68.8 Å². The van der Waals surface area contributed by atoms with Crippen molar-refractivity contribution in [3.05, 3.63) is 65.9 Å². The van der Waals surface area contributed by atoms with Crippen LogP contribution in [-0.4, -0.2) is 49.2 Å². The normalized spacial score (nSPS) is 11.2. The largest absolute Gasteiger partial charge is 0.347 e. The van der Waals surface area contributed by atoms with Crippen LogP contribution in [0.1, 0.15) is 17.0 Å². The molecule has 0 radical (unpaired) electrons. The van der Waals surface area contributed by atoms with Crippen molar-refractivity contribution in [3.8, 4) is 11.4 Å². The van der Waals surface area contributed by atoms with Gasteiger partial charge in [-0.1, -0.05) is 6.07 Å². The molecular weight excluding hydrogens is 364 g/mol. The number of carbonyl (C=O) groups excluding carboxylic acids is 1. The molecule has 7 nitrogen and oxygen atoms in total. The lowest BCUT2D eigenvalue weighted by atomic mass is 10.1. The number of likely N-dealkylation sites (N-methyl/N-ethyl adjacent to an activating group) is 1. The molecule has 148 valence electrons. The lowest BCUT2D eigenvalue weighted by Gasteiger charge is -2.11. The number of hydrogen-bond acceptors (Lipinski definition) is 4. The van der Waals surface area contributed by atoms with Crippen molar-refractivity contribution in [2.24, 2.45) is 0 Å². The zero-order valence-electron chi connectivity index (χ0n) is 17.1. The fourth-order valence-electron chi connectivity index (χ4n) is 3.39. The number of amides is 1. The molecule has 0 N–H and O–H groups in total. The predicted molar refractivity (Wildman–Crippen MR) is 112 cm³/mol. The van der Waals surface area contributed by atoms with Gasteiger partial charge in [-0.25, -0.2) is 9.67 Å². The molecule has 29 heavy (non-hydrogen) atoms. The van der Waals surface area contributed by atoms with Crippen molar-refractivity contribution in [2.45, 2.75) is 26.9 Å². The molecule has 0 atom stereocenters. The molecule has 0 unspecified atom stereocenters. The van der Waals surface area contributed by atoms with E-state index in [-0.39, 0.29) is 5.91 Å². The molecule has 3 aromatic heterocycles. The number of nitrogens with zero attached hydrogens (tertiary/aromatic N) is 6. The first kappa shape index (κ1) is 18.9. The first-order valence-corrected chi connectivity index (χ1v) is 9.53. The zero-order valence-corrected chi connectivity index (χ0v) is 17.1. The number of aromatic nitrogens is 5. The maximum Gasteiger partial charge on any atom is 0.241 e. The molecule has 0 fully saturated rings. The maximum absolute atomic E-state index is 12.1. The van der Waals surface area contributed by atoms with Crippen molar-refractivity contribution in [2.75, 3.05) is 14.1 Å². The van der Waals surface area contributed by atoms with Gasteiger partial charge in [-0.05, 0) is 49.7 Å². The third-order valence-corrected chi connectivity index (χ3v) is 4.95. The lowest BCUT2D eigenvalue weighted by molar-refractivity contribution is -0.129. The molecular formula is C22H24N6O. The summed E-state index contributed by atoms with van der Waals surface area (Å²) in [6.45, 7) is 4.94. The van der Waals surface area contributed by atoms with Gasteiger partial charge in [-0.3, -0.25) is 9.78 Å². The van der Waals surface area contributed by atoms with Crippen LogP contribution in [0.3, 0.4) is 0 Å². The van der Waals surface area contributed by atoms with Crippen LogP contribution in [0.5, 0.6) is 0 Å². The second-order valence-electron chi connectivity index (χ2n) is 7.50. The Balaban J connectivity index is 1.61. The smallest absolute Gasteiger partial charge is 0.241 e. The van der Waals surface area contributed by atoms with Gasteiger partial charge < -0.3 is 9.47 Å². The van der Waals surface area contributed by atoms with Crippen molar-refractivity contribution >= 4 is 16.8 Å². The molecule has 0 bridgehead atoms. The fourth-order valence-corrected chi connectivity index (χ4v) is 3.39. The second-order valence-corrected chi connectivity index (χ2v) is 7.50. The minimum Gasteiger partial charge on any atom is -0.347 e. The fraction of sp³-hybridized carbons (Fsp3) is 0.273. The second kappa shape index (κ2) is 7.50. The Morgan fingerprint density at radius 3 is 2.72 bits per heavy atom. The summed E-state index contributed by atoms with van der Waals surface area (Å²) in [7, 11) is 3.54. The number of aryl methyl sites for hydroxylation is 2. The summed E-state index contributed by atoms with van der Waals surface area (Å²) in [5, 5.41) is 5.72. The molecule has 1 amide bonds. The summed E-state index contributed by atoms with van der Waals surface area (Å²) in [5.74, 6) is 0.743. The van der Waals surface area contributed by atoms with Gasteiger partial charge >= 0.3 is 0 Å². The molecule has 4 aromatic rings. The molecule has 4 rings (SSSR count). The highest BCUT2D eigenvalue weighted by Gasteiger charge is 2.13. The van der Waals surface area contributed by atoms with Crippen molar-refractivity contribution in [3.63, 3.8) is 0 Å². The third-order valence-electron chi connectivity index (χ3n) is 4.95. The molecule has 0 spiro atoms. The Bertz CT molecular complexity index is 1190. The van der Waals surface area contributed by atoms with E-state index >= 15 is 0 Å². The van der Waals surface area contributed by atoms with Crippen LogP contribution in [0, 0.1) is 13.8 Å². The summed E-state index contributed by atoms with van der Waals surface area (Å²) in [6.07, 6.45) is 3.75. The van der Waals surface area contributed by atoms with Crippen LogP contribution in [0.25, 0.3) is 22.3 Å². The highest BCUT2D eigenvalue weighted by atomic mass is 16.2. The first-order valence-electron chi connectivity index (χ1n) is 9.53. The quantitative estimate of drug-likeness (QED) is 0.527. The molecule has 0 saturated carbocycles. The average Bonchev–Trinajstić information content (AvgIpc) is 3.26. The van der Waals surface area contributed by atoms with Gasteiger partial charge in [-0.2, -0.15) is 5.10 Å². The van der Waals surface area contributed by atoms with E-state index in [1.165, 1.54) is 0 Å². The van der Waals surface area contributed by atoms with E-state index in [0.29, 0.717) is 18.9 Å². The summed E-state index contributed by atoms with van der Waals surface area (Å²) >= 11 is 0. The molecule has 0 saturated heterocycles. The van der Waals surface area contributed by atoms with Gasteiger partial charge in [0.2, 0.25) is 5.91 Å². The van der Waals surface area contributed by atoms with Crippen LogP contribution in [0.2, 0.25) is 0 Å². The molecule has 7 heteroatoms.